The van der Waals surface area contributed by atoms with E-state index in [9.17, 15) is 9.36 Å². The van der Waals surface area contributed by atoms with E-state index >= 15 is 4.39 Å². The minimum atomic E-state index is -4.12. The van der Waals surface area contributed by atoms with Crippen molar-refractivity contribution in [2.24, 2.45) is 0 Å². The number of hydrogen-bond acceptors (Lipinski definition) is 11. The monoisotopic (exact) mass is 551 g/mol. The summed E-state index contributed by atoms with van der Waals surface area (Å²) in [6.45, 7) is 4.59. The second-order valence-corrected chi connectivity index (χ2v) is 10.6. The van der Waals surface area contributed by atoms with E-state index in [-0.39, 0.29) is 30.8 Å². The van der Waals surface area contributed by atoms with E-state index in [0.29, 0.717) is 17.0 Å². The molecule has 2 aromatic heterocycles. The lowest BCUT2D eigenvalue weighted by Crippen LogP contribution is -2.36. The van der Waals surface area contributed by atoms with Gasteiger partial charge in [0.15, 0.2) is 23.2 Å². The van der Waals surface area contributed by atoms with Crippen molar-refractivity contribution in [2.45, 2.75) is 57.8 Å². The van der Waals surface area contributed by atoms with Gasteiger partial charge in [0, 0.05) is 13.5 Å². The number of imidazole rings is 1. The van der Waals surface area contributed by atoms with Crippen LogP contribution in [0.4, 0.5) is 16.2 Å². The van der Waals surface area contributed by atoms with Gasteiger partial charge in [-0.25, -0.2) is 13.9 Å². The number of anilines is 2. The van der Waals surface area contributed by atoms with Gasteiger partial charge < -0.3 is 25.0 Å². The predicted octanol–water partition coefficient (Wildman–Crippen LogP) is 3.21. The molecule has 0 unspecified atom stereocenters. The number of nitrogens with two attached hydrogens (primary N) is 1. The molecule has 4 N–H and O–H groups in total. The molecular formula is C23H31FN7O6P. The Morgan fingerprint density at radius 3 is 2.71 bits per heavy atom. The highest BCUT2D eigenvalue weighted by Crippen LogP contribution is 2.46. The SMILES string of the molecule is CNc1nc(N)nc2c1ncn2[C@@H]1O[C@H](CO[P@](=O)(N[C@@H](C)C(=O)OC(C)C)Oc2ccccc2)C[C@@H]1F. The molecule has 0 spiro atoms. The van der Waals surface area contributed by atoms with Gasteiger partial charge in [0.2, 0.25) is 5.95 Å². The number of rotatable bonds is 11. The third kappa shape index (κ3) is 6.38. The minimum absolute atomic E-state index is 0.00734. The van der Waals surface area contributed by atoms with E-state index in [0.717, 1.165) is 0 Å². The molecule has 1 aliphatic rings. The Labute approximate surface area is 218 Å². The summed E-state index contributed by atoms with van der Waals surface area (Å²) in [5.41, 5.74) is 6.50. The Balaban J connectivity index is 1.48. The summed E-state index contributed by atoms with van der Waals surface area (Å²) >= 11 is 0. The lowest BCUT2D eigenvalue weighted by atomic mass is 10.2. The van der Waals surface area contributed by atoms with Crippen molar-refractivity contribution in [3.63, 3.8) is 0 Å². The van der Waals surface area contributed by atoms with E-state index in [1.807, 2.05) is 0 Å². The number of aromatic nitrogens is 4. The Morgan fingerprint density at radius 1 is 1.29 bits per heavy atom. The number of hydrogen-bond donors (Lipinski definition) is 3. The number of nitrogens with zero attached hydrogens (tertiary/aromatic N) is 4. The third-order valence-electron chi connectivity index (χ3n) is 5.54. The van der Waals surface area contributed by atoms with Crippen LogP contribution in [0.1, 0.15) is 33.4 Å². The molecule has 3 aromatic rings. The molecule has 5 atom stereocenters. The minimum Gasteiger partial charge on any atom is -0.462 e. The lowest BCUT2D eigenvalue weighted by Gasteiger charge is -2.24. The number of fused-ring (bicyclic) bond motifs is 1. The van der Waals surface area contributed by atoms with E-state index in [1.54, 1.807) is 51.2 Å². The van der Waals surface area contributed by atoms with Gasteiger partial charge in [-0.15, -0.1) is 0 Å². The number of ether oxygens (including phenoxy) is 2. The molecule has 3 heterocycles. The van der Waals surface area contributed by atoms with Crippen LogP contribution in [-0.4, -0.2) is 63.6 Å². The van der Waals surface area contributed by atoms with Crippen molar-refractivity contribution in [1.29, 1.82) is 0 Å². The fraction of sp³-hybridized carbons (Fsp3) is 0.478. The fourth-order valence-electron chi connectivity index (χ4n) is 3.86. The Kier molecular flexibility index (Phi) is 8.46. The van der Waals surface area contributed by atoms with Gasteiger partial charge in [-0.2, -0.15) is 15.1 Å². The maximum Gasteiger partial charge on any atom is 0.459 e. The summed E-state index contributed by atoms with van der Waals surface area (Å²) in [4.78, 5) is 24.8. The van der Waals surface area contributed by atoms with Crippen molar-refractivity contribution in [2.75, 3.05) is 24.7 Å². The summed E-state index contributed by atoms with van der Waals surface area (Å²) in [7, 11) is -2.46. The molecule has 4 rings (SSSR count). The number of nitrogens with one attached hydrogen (secondary N) is 2. The van der Waals surface area contributed by atoms with Crippen molar-refractivity contribution in [3.05, 3.63) is 36.7 Å². The van der Waals surface area contributed by atoms with E-state index in [4.69, 9.17) is 24.3 Å². The summed E-state index contributed by atoms with van der Waals surface area (Å²) in [5.74, 6) is 0.0151. The average molecular weight is 552 g/mol. The highest BCUT2D eigenvalue weighted by atomic mass is 31.2. The molecule has 1 fully saturated rings. The van der Waals surface area contributed by atoms with Gasteiger partial charge in [0.05, 0.1) is 25.1 Å². The van der Waals surface area contributed by atoms with Crippen LogP contribution in [0.15, 0.2) is 36.7 Å². The smallest absolute Gasteiger partial charge is 0.459 e. The second kappa shape index (κ2) is 11.6. The van der Waals surface area contributed by atoms with Crippen molar-refractivity contribution >= 4 is 36.6 Å². The van der Waals surface area contributed by atoms with Crippen LogP contribution < -0.4 is 20.7 Å². The standard InChI is InChI=1S/C23H31FN7O6P/c1-13(2)35-22(32)14(3)30-38(33,37-15-8-6-5-7-9-15)34-11-16-10-17(24)21(36-16)31-12-27-18-19(26-4)28-23(25)29-20(18)31/h5-9,12-14,16-17,21H,10-11H2,1-4H3,(H,30,33)(H3,25,26,28,29)/t14-,16-,17-,21+,38+/m0/s1. The second-order valence-electron chi connectivity index (χ2n) is 8.94. The highest BCUT2D eigenvalue weighted by Gasteiger charge is 2.40. The summed E-state index contributed by atoms with van der Waals surface area (Å²) in [6, 6.07) is 7.32. The molecule has 0 aliphatic carbocycles. The topological polar surface area (TPSA) is 165 Å². The number of esters is 1. The highest BCUT2D eigenvalue weighted by molar-refractivity contribution is 7.52. The molecule has 206 valence electrons. The summed E-state index contributed by atoms with van der Waals surface area (Å²) < 4.78 is 52.5. The zero-order chi connectivity index (χ0) is 27.4. The van der Waals surface area contributed by atoms with Crippen LogP contribution in [0.25, 0.3) is 11.2 Å². The van der Waals surface area contributed by atoms with Crippen LogP contribution in [0, 0.1) is 0 Å². The number of para-hydroxylation sites is 1. The van der Waals surface area contributed by atoms with Gasteiger partial charge in [-0.3, -0.25) is 13.9 Å². The summed E-state index contributed by atoms with van der Waals surface area (Å²) in [5, 5.41) is 5.48. The Morgan fingerprint density at radius 2 is 2.03 bits per heavy atom. The molecule has 38 heavy (non-hydrogen) atoms. The number of halogens is 1. The largest absolute Gasteiger partial charge is 0.462 e. The number of carbonyl (C=O) groups excluding carboxylic acids is 1. The average Bonchev–Trinajstić information content (AvgIpc) is 3.45. The number of alkyl halides is 1. The van der Waals surface area contributed by atoms with Crippen LogP contribution in [0.5, 0.6) is 5.75 Å². The van der Waals surface area contributed by atoms with Gasteiger partial charge in [-0.05, 0) is 32.9 Å². The number of benzene rings is 1. The normalized spacial score (nSPS) is 21.8. The van der Waals surface area contributed by atoms with Gasteiger partial charge in [0.25, 0.3) is 0 Å². The van der Waals surface area contributed by atoms with Gasteiger partial charge >= 0.3 is 13.7 Å². The molecular weight excluding hydrogens is 520 g/mol. The molecule has 15 heteroatoms. The fourth-order valence-corrected chi connectivity index (χ4v) is 5.38. The molecule has 1 aromatic carbocycles. The maximum absolute atomic E-state index is 15.1. The van der Waals surface area contributed by atoms with Gasteiger partial charge in [0.1, 0.15) is 18.0 Å². The first-order chi connectivity index (χ1) is 18.1. The first kappa shape index (κ1) is 27.7. The predicted molar refractivity (Wildman–Crippen MR) is 137 cm³/mol. The quantitative estimate of drug-likeness (QED) is 0.236. The molecule has 0 radical (unpaired) electrons. The number of carbonyl (C=O) groups is 1. The Hall–Kier alpha value is -3.32. The molecule has 0 bridgehead atoms. The third-order valence-corrected chi connectivity index (χ3v) is 7.18. The first-order valence-electron chi connectivity index (χ1n) is 12.0. The van der Waals surface area contributed by atoms with Crippen molar-refractivity contribution in [1.82, 2.24) is 24.6 Å². The molecule has 13 nitrogen and oxygen atoms in total. The summed E-state index contributed by atoms with van der Waals surface area (Å²) in [6.07, 6.45) is -2.33. The molecule has 0 amide bonds. The van der Waals surface area contributed by atoms with Crippen LogP contribution >= 0.6 is 7.75 Å². The van der Waals surface area contributed by atoms with E-state index in [2.05, 4.69) is 25.4 Å². The van der Waals surface area contributed by atoms with Crippen molar-refractivity contribution in [3.8, 4) is 5.75 Å². The first-order valence-corrected chi connectivity index (χ1v) is 13.6. The van der Waals surface area contributed by atoms with Crippen LogP contribution in [-0.2, 0) is 23.4 Å². The molecule has 0 saturated carbocycles. The van der Waals surface area contributed by atoms with Crippen LogP contribution in [0.2, 0.25) is 0 Å². The lowest BCUT2D eigenvalue weighted by molar-refractivity contribution is -0.149. The zero-order valence-electron chi connectivity index (χ0n) is 21.4. The van der Waals surface area contributed by atoms with Crippen LogP contribution in [0.3, 0.4) is 0 Å². The Bertz CT molecular complexity index is 1310. The van der Waals surface area contributed by atoms with E-state index in [1.165, 1.54) is 17.8 Å². The van der Waals surface area contributed by atoms with Gasteiger partial charge in [-0.1, -0.05) is 18.2 Å². The zero-order valence-corrected chi connectivity index (χ0v) is 22.3. The van der Waals surface area contributed by atoms with Crippen molar-refractivity contribution < 1.29 is 32.3 Å². The molecule has 1 aliphatic heterocycles. The molecule has 1 saturated heterocycles. The van der Waals surface area contributed by atoms with E-state index < -0.39 is 38.3 Å². The maximum atomic E-state index is 15.1. The number of nitrogen functional groups attached to an aromatic ring is 1.